The predicted molar refractivity (Wildman–Crippen MR) is 54.7 cm³/mol. The average molecular weight is 205 g/mol. The topological polar surface area (TPSA) is 3.24 Å². The minimum atomic E-state index is -2.43. The third-order valence-electron chi connectivity index (χ3n) is 3.72. The summed E-state index contributed by atoms with van der Waals surface area (Å²) in [6, 6.07) is 0. The quantitative estimate of drug-likeness (QED) is 0.669. The lowest BCUT2D eigenvalue weighted by molar-refractivity contribution is -0.0804. The van der Waals surface area contributed by atoms with Crippen molar-refractivity contribution in [3.05, 3.63) is 0 Å². The molecule has 1 fully saturated rings. The SMILES string of the molecule is CC(C)C(C)(C)N1CCC(F)(F)CC1. The van der Waals surface area contributed by atoms with Gasteiger partial charge in [0.15, 0.2) is 0 Å². The van der Waals surface area contributed by atoms with Gasteiger partial charge in [-0.05, 0) is 19.8 Å². The van der Waals surface area contributed by atoms with Gasteiger partial charge in [0.1, 0.15) is 0 Å². The zero-order valence-corrected chi connectivity index (χ0v) is 9.61. The normalized spacial score (nSPS) is 24.2. The lowest BCUT2D eigenvalue weighted by atomic mass is 9.86. The first-order chi connectivity index (χ1) is 6.26. The van der Waals surface area contributed by atoms with Gasteiger partial charge in [0.25, 0.3) is 5.92 Å². The number of alkyl halides is 2. The molecule has 0 N–H and O–H groups in total. The van der Waals surface area contributed by atoms with Crippen LogP contribution in [0.1, 0.15) is 40.5 Å². The first-order valence-electron chi connectivity index (χ1n) is 5.38. The third-order valence-corrected chi connectivity index (χ3v) is 3.72. The fourth-order valence-corrected chi connectivity index (χ4v) is 1.78. The lowest BCUT2D eigenvalue weighted by Crippen LogP contribution is -2.53. The van der Waals surface area contributed by atoms with Gasteiger partial charge in [-0.1, -0.05) is 13.8 Å². The van der Waals surface area contributed by atoms with Crippen LogP contribution in [-0.2, 0) is 0 Å². The number of hydrogen-bond donors (Lipinski definition) is 0. The van der Waals surface area contributed by atoms with Crippen LogP contribution in [0, 0.1) is 5.92 Å². The first kappa shape index (κ1) is 11.9. The Kier molecular flexibility index (Phi) is 3.20. The molecule has 0 aromatic rings. The molecule has 0 atom stereocenters. The van der Waals surface area contributed by atoms with Crippen molar-refractivity contribution in [3.63, 3.8) is 0 Å². The molecule has 0 saturated carbocycles. The van der Waals surface area contributed by atoms with Crippen molar-refractivity contribution in [3.8, 4) is 0 Å². The summed E-state index contributed by atoms with van der Waals surface area (Å²) in [7, 11) is 0. The molecule has 0 aliphatic carbocycles. The van der Waals surface area contributed by atoms with E-state index in [1.807, 2.05) is 0 Å². The number of hydrogen-bond acceptors (Lipinski definition) is 1. The molecule has 1 rings (SSSR count). The van der Waals surface area contributed by atoms with Crippen molar-refractivity contribution in [2.45, 2.75) is 52.0 Å². The van der Waals surface area contributed by atoms with E-state index in [2.05, 4.69) is 32.6 Å². The van der Waals surface area contributed by atoms with Gasteiger partial charge in [0, 0.05) is 31.5 Å². The minimum Gasteiger partial charge on any atom is -0.298 e. The average Bonchev–Trinajstić information content (AvgIpc) is 2.03. The molecule has 0 unspecified atom stereocenters. The summed E-state index contributed by atoms with van der Waals surface area (Å²) < 4.78 is 25.9. The Morgan fingerprint density at radius 2 is 1.57 bits per heavy atom. The van der Waals surface area contributed by atoms with E-state index in [-0.39, 0.29) is 18.4 Å². The Labute approximate surface area is 85.5 Å². The van der Waals surface area contributed by atoms with E-state index in [0.29, 0.717) is 19.0 Å². The Morgan fingerprint density at radius 1 is 1.14 bits per heavy atom. The first-order valence-corrected chi connectivity index (χ1v) is 5.38. The summed E-state index contributed by atoms with van der Waals surface area (Å²) in [6.45, 7) is 9.62. The van der Waals surface area contributed by atoms with Crippen LogP contribution in [0.3, 0.4) is 0 Å². The van der Waals surface area contributed by atoms with E-state index < -0.39 is 5.92 Å². The van der Waals surface area contributed by atoms with E-state index in [0.717, 1.165) is 0 Å². The maximum absolute atomic E-state index is 12.9. The van der Waals surface area contributed by atoms with Crippen LogP contribution in [0.15, 0.2) is 0 Å². The van der Waals surface area contributed by atoms with Gasteiger partial charge < -0.3 is 0 Å². The fourth-order valence-electron chi connectivity index (χ4n) is 1.78. The second kappa shape index (κ2) is 3.76. The summed E-state index contributed by atoms with van der Waals surface area (Å²) >= 11 is 0. The van der Waals surface area contributed by atoms with Crippen molar-refractivity contribution >= 4 is 0 Å². The van der Waals surface area contributed by atoms with Crippen LogP contribution >= 0.6 is 0 Å². The highest BCUT2D eigenvalue weighted by Gasteiger charge is 2.39. The van der Waals surface area contributed by atoms with Gasteiger partial charge in [0.2, 0.25) is 0 Å². The van der Waals surface area contributed by atoms with Crippen molar-refractivity contribution in [1.82, 2.24) is 4.90 Å². The molecule has 3 heteroatoms. The molecule has 14 heavy (non-hydrogen) atoms. The molecule has 0 aromatic heterocycles. The molecule has 0 radical (unpaired) electrons. The molecule has 0 spiro atoms. The highest BCUT2D eigenvalue weighted by atomic mass is 19.3. The lowest BCUT2D eigenvalue weighted by Gasteiger charge is -2.45. The zero-order chi connectivity index (χ0) is 11.0. The van der Waals surface area contributed by atoms with Crippen molar-refractivity contribution in [2.24, 2.45) is 5.92 Å². The summed E-state index contributed by atoms with van der Waals surface area (Å²) in [5.74, 6) is -1.93. The van der Waals surface area contributed by atoms with E-state index in [9.17, 15) is 8.78 Å². The second-order valence-corrected chi connectivity index (χ2v) is 5.15. The maximum atomic E-state index is 12.9. The van der Waals surface area contributed by atoms with Gasteiger partial charge >= 0.3 is 0 Å². The minimum absolute atomic E-state index is 0.0170. The number of nitrogens with zero attached hydrogens (tertiary/aromatic N) is 1. The third kappa shape index (κ3) is 2.44. The van der Waals surface area contributed by atoms with Crippen LogP contribution in [0.5, 0.6) is 0 Å². The van der Waals surface area contributed by atoms with Gasteiger partial charge in [-0.2, -0.15) is 0 Å². The predicted octanol–water partition coefficient (Wildman–Crippen LogP) is 3.15. The summed E-state index contributed by atoms with van der Waals surface area (Å²) in [5.41, 5.74) is 0.0382. The molecule has 0 amide bonds. The van der Waals surface area contributed by atoms with E-state index >= 15 is 0 Å². The van der Waals surface area contributed by atoms with Crippen LogP contribution in [-0.4, -0.2) is 29.5 Å². The molecule has 1 aliphatic rings. The summed E-state index contributed by atoms with van der Waals surface area (Å²) in [4.78, 5) is 2.19. The Bertz CT molecular complexity index is 189. The van der Waals surface area contributed by atoms with Crippen molar-refractivity contribution < 1.29 is 8.78 Å². The standard InChI is InChI=1S/C11H21F2N/c1-9(2)10(3,4)14-7-5-11(12,13)6-8-14/h9H,5-8H2,1-4H3. The molecule has 1 nitrogen and oxygen atoms in total. The van der Waals surface area contributed by atoms with Crippen LogP contribution in [0.25, 0.3) is 0 Å². The maximum Gasteiger partial charge on any atom is 0.250 e. The van der Waals surface area contributed by atoms with E-state index in [1.165, 1.54) is 0 Å². The number of piperidine rings is 1. The van der Waals surface area contributed by atoms with Crippen LogP contribution in [0.4, 0.5) is 8.78 Å². The molecule has 84 valence electrons. The van der Waals surface area contributed by atoms with Crippen molar-refractivity contribution in [1.29, 1.82) is 0 Å². The van der Waals surface area contributed by atoms with Gasteiger partial charge in [-0.25, -0.2) is 8.78 Å². The summed E-state index contributed by atoms with van der Waals surface area (Å²) in [6.07, 6.45) is 0.0340. The second-order valence-electron chi connectivity index (χ2n) is 5.15. The highest BCUT2D eigenvalue weighted by molar-refractivity contribution is 4.89. The van der Waals surface area contributed by atoms with Crippen LogP contribution < -0.4 is 0 Å². The zero-order valence-electron chi connectivity index (χ0n) is 9.61. The largest absolute Gasteiger partial charge is 0.298 e. The highest BCUT2D eigenvalue weighted by Crippen LogP contribution is 2.33. The van der Waals surface area contributed by atoms with Crippen molar-refractivity contribution in [2.75, 3.05) is 13.1 Å². The van der Waals surface area contributed by atoms with E-state index in [1.54, 1.807) is 0 Å². The smallest absolute Gasteiger partial charge is 0.250 e. The van der Waals surface area contributed by atoms with E-state index in [4.69, 9.17) is 0 Å². The van der Waals surface area contributed by atoms with Gasteiger partial charge in [0.05, 0.1) is 0 Å². The number of rotatable bonds is 2. The van der Waals surface area contributed by atoms with Gasteiger partial charge in [-0.3, -0.25) is 4.90 Å². The number of likely N-dealkylation sites (tertiary alicyclic amines) is 1. The Balaban J connectivity index is 2.57. The molecular weight excluding hydrogens is 184 g/mol. The van der Waals surface area contributed by atoms with Crippen LogP contribution in [0.2, 0.25) is 0 Å². The molecule has 0 bridgehead atoms. The monoisotopic (exact) mass is 205 g/mol. The summed E-state index contributed by atoms with van der Waals surface area (Å²) in [5, 5.41) is 0. The number of halogens is 2. The van der Waals surface area contributed by atoms with Gasteiger partial charge in [-0.15, -0.1) is 0 Å². The molecule has 1 saturated heterocycles. The molecule has 1 aliphatic heterocycles. The fraction of sp³-hybridized carbons (Fsp3) is 1.00. The Hall–Kier alpha value is -0.180. The Morgan fingerprint density at radius 3 is 1.93 bits per heavy atom. The molecular formula is C11H21F2N. The molecule has 1 heterocycles. The molecule has 0 aromatic carbocycles.